The van der Waals surface area contributed by atoms with Crippen molar-refractivity contribution in [1.29, 1.82) is 0 Å². The Kier molecular flexibility index (Phi) is 50.7. The van der Waals surface area contributed by atoms with E-state index in [1.165, 1.54) is 218 Å². The molecule has 0 aliphatic rings. The standard InChI is InChI=1S/C60H117N2O6P/c1-6-8-10-12-14-16-18-20-21-22-23-24-25-26-27-28-29-30-31-32-33-34-35-36-37-38-39-40-41-42-44-46-48-50-52-54-60(64)61-58(57-68-69(65,66)67-56-55-62(3,4)5)59(63)53-51-49-47-45-43-19-17-15-13-11-9-7-2/h13,15,43,45,51,53,58-59,63H,6-12,14,16-42,44,46-50,52,54-57H2,1-5H3,(H-,61,64,65,66)/b15-13+,45-43+,53-51+. The van der Waals surface area contributed by atoms with Crippen molar-refractivity contribution in [2.45, 2.75) is 302 Å². The van der Waals surface area contributed by atoms with E-state index in [1.807, 2.05) is 27.2 Å². The summed E-state index contributed by atoms with van der Waals surface area (Å²) in [4.78, 5) is 25.4. The van der Waals surface area contributed by atoms with E-state index in [9.17, 15) is 19.4 Å². The van der Waals surface area contributed by atoms with Gasteiger partial charge in [-0.25, -0.2) is 0 Å². The number of carbonyl (C=O) groups excluding carboxylic acids is 1. The fourth-order valence-electron chi connectivity index (χ4n) is 8.88. The van der Waals surface area contributed by atoms with Crippen LogP contribution in [0.5, 0.6) is 0 Å². The molecule has 1 amide bonds. The average molecular weight is 994 g/mol. The first-order valence-electron chi connectivity index (χ1n) is 29.9. The van der Waals surface area contributed by atoms with E-state index in [2.05, 4.69) is 43.5 Å². The van der Waals surface area contributed by atoms with Crippen LogP contribution < -0.4 is 10.2 Å². The van der Waals surface area contributed by atoms with Crippen molar-refractivity contribution in [3.63, 3.8) is 0 Å². The van der Waals surface area contributed by atoms with Crippen LogP contribution in [0.2, 0.25) is 0 Å². The molecule has 0 bridgehead atoms. The van der Waals surface area contributed by atoms with Crippen LogP contribution in [0.25, 0.3) is 0 Å². The van der Waals surface area contributed by atoms with Crippen LogP contribution in [0.4, 0.5) is 0 Å². The average Bonchev–Trinajstić information content (AvgIpc) is 3.31. The maximum atomic E-state index is 12.9. The Balaban J connectivity index is 3.91. The number of quaternary nitrogens is 1. The normalized spacial score (nSPS) is 14.1. The van der Waals surface area contributed by atoms with E-state index in [0.29, 0.717) is 17.4 Å². The lowest BCUT2D eigenvalue weighted by molar-refractivity contribution is -0.870. The van der Waals surface area contributed by atoms with Crippen molar-refractivity contribution in [2.75, 3.05) is 40.9 Å². The summed E-state index contributed by atoms with van der Waals surface area (Å²) in [7, 11) is 1.24. The number of amides is 1. The third-order valence-corrected chi connectivity index (χ3v) is 14.5. The maximum Gasteiger partial charge on any atom is 0.268 e. The second-order valence-corrected chi connectivity index (χ2v) is 23.1. The Morgan fingerprint density at radius 3 is 1.16 bits per heavy atom. The van der Waals surface area contributed by atoms with Gasteiger partial charge in [0.15, 0.2) is 0 Å². The summed E-state index contributed by atoms with van der Waals surface area (Å²) < 4.78 is 23.2. The number of rotatable bonds is 55. The largest absolute Gasteiger partial charge is 0.756 e. The van der Waals surface area contributed by atoms with Crippen molar-refractivity contribution in [3.8, 4) is 0 Å². The van der Waals surface area contributed by atoms with Gasteiger partial charge in [0.1, 0.15) is 13.2 Å². The third kappa shape index (κ3) is 54.3. The number of allylic oxidation sites excluding steroid dienone is 5. The van der Waals surface area contributed by atoms with E-state index >= 15 is 0 Å². The smallest absolute Gasteiger partial charge is 0.268 e. The van der Waals surface area contributed by atoms with Crippen molar-refractivity contribution in [2.24, 2.45) is 0 Å². The molecule has 8 nitrogen and oxygen atoms in total. The molecule has 0 aliphatic carbocycles. The number of nitrogens with one attached hydrogen (secondary N) is 1. The topological polar surface area (TPSA) is 108 Å². The number of aliphatic hydroxyl groups excluding tert-OH is 1. The molecule has 3 atom stereocenters. The number of unbranched alkanes of at least 4 members (excludes halogenated alkanes) is 38. The number of likely N-dealkylation sites (N-methyl/N-ethyl adjacent to an activating group) is 1. The minimum atomic E-state index is -4.60. The van der Waals surface area contributed by atoms with Gasteiger partial charge in [-0.3, -0.25) is 9.36 Å². The molecule has 0 fully saturated rings. The minimum Gasteiger partial charge on any atom is -0.756 e. The summed E-state index contributed by atoms with van der Waals surface area (Å²) in [6.07, 6.45) is 67.0. The highest BCUT2D eigenvalue weighted by Gasteiger charge is 2.23. The summed E-state index contributed by atoms with van der Waals surface area (Å²) in [6, 6.07) is -0.906. The van der Waals surface area contributed by atoms with E-state index in [1.54, 1.807) is 6.08 Å². The molecule has 0 rings (SSSR count). The van der Waals surface area contributed by atoms with Crippen molar-refractivity contribution < 1.29 is 32.9 Å². The van der Waals surface area contributed by atoms with Gasteiger partial charge in [-0.05, 0) is 38.5 Å². The maximum absolute atomic E-state index is 12.9. The molecule has 0 aromatic heterocycles. The van der Waals surface area contributed by atoms with Gasteiger partial charge in [-0.15, -0.1) is 0 Å². The highest BCUT2D eigenvalue weighted by Crippen LogP contribution is 2.38. The molecule has 0 heterocycles. The lowest BCUT2D eigenvalue weighted by atomic mass is 10.0. The Labute approximate surface area is 429 Å². The lowest BCUT2D eigenvalue weighted by Gasteiger charge is -2.29. The van der Waals surface area contributed by atoms with Crippen LogP contribution in [0.1, 0.15) is 290 Å². The van der Waals surface area contributed by atoms with E-state index in [-0.39, 0.29) is 12.5 Å². The van der Waals surface area contributed by atoms with Gasteiger partial charge in [0.2, 0.25) is 5.91 Å². The summed E-state index contributed by atoms with van der Waals surface area (Å²) >= 11 is 0. The minimum absolute atomic E-state index is 0.00776. The number of hydrogen-bond donors (Lipinski definition) is 2. The number of phosphoric acid groups is 1. The Morgan fingerprint density at radius 1 is 0.493 bits per heavy atom. The van der Waals surface area contributed by atoms with Crippen LogP contribution in [0, 0.1) is 0 Å². The van der Waals surface area contributed by atoms with Gasteiger partial charge in [0.25, 0.3) is 7.82 Å². The van der Waals surface area contributed by atoms with Gasteiger partial charge in [-0.1, -0.05) is 281 Å². The lowest BCUT2D eigenvalue weighted by Crippen LogP contribution is -2.45. The molecule has 0 aromatic carbocycles. The fourth-order valence-corrected chi connectivity index (χ4v) is 9.60. The SMILES string of the molecule is CCCC/C=C/CC/C=C/CC/C=C/C(O)C(COP(=O)([O-])OCC[N+](C)(C)C)NC(=O)CCCCCCCCCCCCCCCCCCCCCCCCCCCCCCCCCCCCC. The van der Waals surface area contributed by atoms with E-state index < -0.39 is 26.6 Å². The van der Waals surface area contributed by atoms with Gasteiger partial charge < -0.3 is 28.8 Å². The number of hydrogen-bond acceptors (Lipinski definition) is 6. The Morgan fingerprint density at radius 2 is 0.812 bits per heavy atom. The highest BCUT2D eigenvalue weighted by atomic mass is 31.2. The second kappa shape index (κ2) is 51.6. The molecule has 0 spiro atoms. The molecule has 0 aromatic rings. The molecule has 408 valence electrons. The zero-order valence-corrected chi connectivity index (χ0v) is 47.4. The van der Waals surface area contributed by atoms with E-state index in [0.717, 1.165) is 51.4 Å². The molecule has 0 saturated carbocycles. The summed E-state index contributed by atoms with van der Waals surface area (Å²) in [5.74, 6) is -0.208. The first-order valence-corrected chi connectivity index (χ1v) is 31.3. The predicted molar refractivity (Wildman–Crippen MR) is 298 cm³/mol. The summed E-state index contributed by atoms with van der Waals surface area (Å²) in [6.45, 7) is 4.59. The summed E-state index contributed by atoms with van der Waals surface area (Å²) in [5, 5.41) is 13.8. The molecular weight excluding hydrogens is 876 g/mol. The monoisotopic (exact) mass is 993 g/mol. The van der Waals surface area contributed by atoms with Crippen molar-refractivity contribution in [1.82, 2.24) is 5.32 Å². The van der Waals surface area contributed by atoms with Gasteiger partial charge in [0, 0.05) is 6.42 Å². The molecule has 3 unspecified atom stereocenters. The first kappa shape index (κ1) is 67.7. The second-order valence-electron chi connectivity index (χ2n) is 21.7. The zero-order chi connectivity index (χ0) is 50.6. The molecule has 0 aliphatic heterocycles. The molecule has 0 saturated heterocycles. The first-order chi connectivity index (χ1) is 33.5. The summed E-state index contributed by atoms with van der Waals surface area (Å²) in [5.41, 5.74) is 0. The number of nitrogens with zero attached hydrogens (tertiary/aromatic N) is 1. The Hall–Kier alpha value is -1.28. The predicted octanol–water partition coefficient (Wildman–Crippen LogP) is 17.5. The number of aliphatic hydroxyl groups is 1. The zero-order valence-electron chi connectivity index (χ0n) is 46.5. The number of carbonyl (C=O) groups is 1. The highest BCUT2D eigenvalue weighted by molar-refractivity contribution is 7.45. The number of phosphoric ester groups is 1. The molecule has 69 heavy (non-hydrogen) atoms. The third-order valence-electron chi connectivity index (χ3n) is 13.6. The van der Waals surface area contributed by atoms with Crippen molar-refractivity contribution in [3.05, 3.63) is 36.5 Å². The van der Waals surface area contributed by atoms with Gasteiger partial charge in [-0.2, -0.15) is 0 Å². The molecule has 0 radical (unpaired) electrons. The molecular formula is C60H117N2O6P. The molecule has 2 N–H and O–H groups in total. The molecule has 9 heteroatoms. The van der Waals surface area contributed by atoms with Crippen LogP contribution in [-0.2, 0) is 18.4 Å². The van der Waals surface area contributed by atoms with Crippen LogP contribution in [0.15, 0.2) is 36.5 Å². The fraction of sp³-hybridized carbons (Fsp3) is 0.883. The van der Waals surface area contributed by atoms with Crippen LogP contribution in [0.3, 0.4) is 0 Å². The quantitative estimate of drug-likeness (QED) is 0.0272. The van der Waals surface area contributed by atoms with Crippen molar-refractivity contribution >= 4 is 13.7 Å². The van der Waals surface area contributed by atoms with Gasteiger partial charge >= 0.3 is 0 Å². The van der Waals surface area contributed by atoms with Crippen LogP contribution in [-0.4, -0.2) is 68.5 Å². The van der Waals surface area contributed by atoms with Gasteiger partial charge in [0.05, 0.1) is 39.9 Å². The van der Waals surface area contributed by atoms with Crippen LogP contribution >= 0.6 is 7.82 Å². The van der Waals surface area contributed by atoms with E-state index in [4.69, 9.17) is 9.05 Å². The Bertz CT molecular complexity index is 1220.